The lowest BCUT2D eigenvalue weighted by molar-refractivity contribution is -0.119. The predicted octanol–water partition coefficient (Wildman–Crippen LogP) is 3.49. The van der Waals surface area contributed by atoms with Crippen LogP contribution in [0.15, 0.2) is 70.7 Å². The number of aliphatic imine (C=N–C) groups is 1. The van der Waals surface area contributed by atoms with Gasteiger partial charge in [-0.3, -0.25) is 15.1 Å². The zero-order chi connectivity index (χ0) is 15.8. The van der Waals surface area contributed by atoms with Crippen molar-refractivity contribution >= 4 is 12.6 Å². The summed E-state index contributed by atoms with van der Waals surface area (Å²) >= 11 is 0. The van der Waals surface area contributed by atoms with Crippen molar-refractivity contribution in [2.75, 3.05) is 0 Å². The molecule has 1 aliphatic carbocycles. The third-order valence-electron chi connectivity index (χ3n) is 3.21. The van der Waals surface area contributed by atoms with Crippen LogP contribution in [-0.4, -0.2) is 12.6 Å². The molecule has 0 spiro atoms. The normalized spacial score (nSPS) is 14.7. The van der Waals surface area contributed by atoms with Crippen LogP contribution in [0.25, 0.3) is 0 Å². The molecule has 1 aliphatic rings. The van der Waals surface area contributed by atoms with Crippen LogP contribution in [0, 0.1) is 0 Å². The first-order valence-electron chi connectivity index (χ1n) is 7.22. The van der Waals surface area contributed by atoms with Crippen LogP contribution in [0.2, 0.25) is 0 Å². The summed E-state index contributed by atoms with van der Waals surface area (Å²) in [5.41, 5.74) is 2.62. The van der Waals surface area contributed by atoms with Gasteiger partial charge in [-0.15, -0.1) is 0 Å². The minimum absolute atomic E-state index is 0.198. The van der Waals surface area contributed by atoms with Gasteiger partial charge in [-0.05, 0) is 30.7 Å². The van der Waals surface area contributed by atoms with Crippen LogP contribution >= 0.6 is 0 Å². The highest BCUT2D eigenvalue weighted by Crippen LogP contribution is 2.24. The van der Waals surface area contributed by atoms with Crippen LogP contribution in [0.5, 0.6) is 0 Å². The fourth-order valence-corrected chi connectivity index (χ4v) is 2.17. The lowest BCUT2D eigenvalue weighted by Gasteiger charge is -2.16. The molecule has 1 amide bonds. The molecule has 0 unspecified atom stereocenters. The van der Waals surface area contributed by atoms with Gasteiger partial charge in [0.2, 0.25) is 11.8 Å². The number of nitrogens with zero attached hydrogens (tertiary/aromatic N) is 1. The number of rotatable bonds is 6. The average Bonchev–Trinajstić information content (AvgIpc) is 2.55. The van der Waals surface area contributed by atoms with E-state index >= 15 is 0 Å². The summed E-state index contributed by atoms with van der Waals surface area (Å²) in [5.74, 6) is 0.157. The van der Waals surface area contributed by atoms with Gasteiger partial charge in [-0.2, -0.15) is 0 Å². The van der Waals surface area contributed by atoms with Gasteiger partial charge in [0.1, 0.15) is 12.3 Å². The van der Waals surface area contributed by atoms with Gasteiger partial charge >= 0.3 is 0 Å². The molecule has 114 valence electrons. The number of nitrogens with one attached hydrogen (secondary N) is 1. The molecule has 0 saturated carbocycles. The molecule has 0 aromatic heterocycles. The number of ether oxygens (including phenoxy) is 1. The number of allylic oxidation sites excluding steroid dienone is 4. The summed E-state index contributed by atoms with van der Waals surface area (Å²) in [5, 5.41) is 2.72. The molecule has 0 bridgehead atoms. The number of hydrogen-bond acceptors (Lipinski definition) is 3. The summed E-state index contributed by atoms with van der Waals surface area (Å²) in [4.78, 5) is 15.5. The smallest absolute Gasteiger partial charge is 0.223 e. The molecule has 1 aromatic carbocycles. The number of benzene rings is 1. The second-order valence-corrected chi connectivity index (χ2v) is 4.95. The quantitative estimate of drug-likeness (QED) is 0.645. The number of carbonyl (C=O) groups excluding carboxylic acids is 1. The maximum absolute atomic E-state index is 11.4. The fourth-order valence-electron chi connectivity index (χ4n) is 2.17. The van der Waals surface area contributed by atoms with Gasteiger partial charge in [0.05, 0.1) is 0 Å². The molecule has 0 aliphatic heterocycles. The van der Waals surface area contributed by atoms with Crippen molar-refractivity contribution in [3.63, 3.8) is 0 Å². The topological polar surface area (TPSA) is 50.7 Å². The van der Waals surface area contributed by atoms with E-state index in [-0.39, 0.29) is 5.91 Å². The molecule has 1 aromatic rings. The average molecular weight is 296 g/mol. The van der Waals surface area contributed by atoms with Gasteiger partial charge in [0.25, 0.3) is 0 Å². The predicted molar refractivity (Wildman–Crippen MR) is 88.1 cm³/mol. The standard InChI is InChI=1S/C18H20N2O2/c1-14(21)20-18(22-13-15-9-5-3-6-10-15)17(19-2)16-11-7-4-8-12-16/h3-7,9-11H,2,8,12-13H2,1H3,(H,20,21)/b18-17-. The molecule has 0 fully saturated rings. The molecule has 2 rings (SSSR count). The van der Waals surface area contributed by atoms with E-state index in [1.807, 2.05) is 42.5 Å². The van der Waals surface area contributed by atoms with Gasteiger partial charge in [0.15, 0.2) is 0 Å². The number of hydrogen-bond donors (Lipinski definition) is 1. The SMILES string of the molecule is C=N/C(C1=CC=CCC1)=C(/NC(C)=O)OCc1ccccc1. The highest BCUT2D eigenvalue weighted by Gasteiger charge is 2.14. The maximum atomic E-state index is 11.4. The first-order valence-corrected chi connectivity index (χ1v) is 7.22. The molecule has 0 heterocycles. The highest BCUT2D eigenvalue weighted by atomic mass is 16.5. The molecular formula is C18H20N2O2. The third kappa shape index (κ3) is 4.45. The molecule has 4 heteroatoms. The van der Waals surface area contributed by atoms with Crippen molar-refractivity contribution in [1.82, 2.24) is 5.32 Å². The summed E-state index contributed by atoms with van der Waals surface area (Å²) in [7, 11) is 0. The molecule has 22 heavy (non-hydrogen) atoms. The maximum Gasteiger partial charge on any atom is 0.223 e. The van der Waals surface area contributed by atoms with Crippen LogP contribution in [0.1, 0.15) is 25.3 Å². The van der Waals surface area contributed by atoms with E-state index < -0.39 is 0 Å². The van der Waals surface area contributed by atoms with Gasteiger partial charge in [-0.1, -0.05) is 48.6 Å². The van der Waals surface area contributed by atoms with Crippen molar-refractivity contribution in [3.05, 3.63) is 71.3 Å². The van der Waals surface area contributed by atoms with Crippen LogP contribution in [0.3, 0.4) is 0 Å². The van der Waals surface area contributed by atoms with E-state index in [4.69, 9.17) is 4.74 Å². The van der Waals surface area contributed by atoms with Crippen molar-refractivity contribution in [3.8, 4) is 0 Å². The summed E-state index contributed by atoms with van der Waals surface area (Å²) in [6, 6.07) is 9.78. The molecule has 1 N–H and O–H groups in total. The minimum Gasteiger partial charge on any atom is -0.473 e. The Hall–Kier alpha value is -2.62. The Bertz CT molecular complexity index is 628. The van der Waals surface area contributed by atoms with E-state index in [0.717, 1.165) is 24.0 Å². The lowest BCUT2D eigenvalue weighted by atomic mass is 10.0. The zero-order valence-electron chi connectivity index (χ0n) is 12.7. The molecule has 0 atom stereocenters. The van der Waals surface area contributed by atoms with Crippen molar-refractivity contribution in [2.45, 2.75) is 26.4 Å². The van der Waals surface area contributed by atoms with Gasteiger partial charge in [-0.25, -0.2) is 0 Å². The van der Waals surface area contributed by atoms with Crippen molar-refractivity contribution in [1.29, 1.82) is 0 Å². The van der Waals surface area contributed by atoms with Gasteiger partial charge in [0, 0.05) is 6.92 Å². The van der Waals surface area contributed by atoms with E-state index in [9.17, 15) is 4.79 Å². The zero-order valence-corrected chi connectivity index (χ0v) is 12.7. The number of carbonyl (C=O) groups is 1. The number of amides is 1. The Kier molecular flexibility index (Phi) is 5.72. The van der Waals surface area contributed by atoms with E-state index in [1.165, 1.54) is 6.92 Å². The first kappa shape index (κ1) is 15.8. The Morgan fingerprint density at radius 3 is 2.73 bits per heavy atom. The Labute approximate surface area is 130 Å². The first-order chi connectivity index (χ1) is 10.7. The Balaban J connectivity index is 2.24. The van der Waals surface area contributed by atoms with Crippen molar-refractivity contribution < 1.29 is 9.53 Å². The summed E-state index contributed by atoms with van der Waals surface area (Å²) in [6.07, 6.45) is 7.83. The van der Waals surface area contributed by atoms with Crippen molar-refractivity contribution in [2.24, 2.45) is 4.99 Å². The van der Waals surface area contributed by atoms with Crippen LogP contribution in [-0.2, 0) is 16.1 Å². The second-order valence-electron chi connectivity index (χ2n) is 4.95. The van der Waals surface area contributed by atoms with Crippen LogP contribution in [0.4, 0.5) is 0 Å². The third-order valence-corrected chi connectivity index (χ3v) is 3.21. The monoisotopic (exact) mass is 296 g/mol. The fraction of sp³-hybridized carbons (Fsp3) is 0.222. The largest absolute Gasteiger partial charge is 0.473 e. The highest BCUT2D eigenvalue weighted by molar-refractivity contribution is 5.75. The molecule has 0 saturated heterocycles. The van der Waals surface area contributed by atoms with E-state index in [0.29, 0.717) is 18.2 Å². The molecule has 4 nitrogen and oxygen atoms in total. The molecular weight excluding hydrogens is 276 g/mol. The molecule has 0 radical (unpaired) electrons. The lowest BCUT2D eigenvalue weighted by Crippen LogP contribution is -2.23. The second kappa shape index (κ2) is 7.98. The van der Waals surface area contributed by atoms with Gasteiger partial charge < -0.3 is 4.74 Å². The Morgan fingerprint density at radius 2 is 2.14 bits per heavy atom. The summed E-state index contributed by atoms with van der Waals surface area (Å²) < 4.78 is 5.79. The van der Waals surface area contributed by atoms with E-state index in [1.54, 1.807) is 0 Å². The Morgan fingerprint density at radius 1 is 1.36 bits per heavy atom. The van der Waals surface area contributed by atoms with E-state index in [2.05, 4.69) is 23.1 Å². The minimum atomic E-state index is -0.198. The summed E-state index contributed by atoms with van der Waals surface area (Å²) in [6.45, 7) is 5.42. The van der Waals surface area contributed by atoms with Crippen LogP contribution < -0.4 is 5.32 Å².